The number of piperidine rings is 1. The van der Waals surface area contributed by atoms with Gasteiger partial charge in [0, 0.05) is 42.3 Å². The fourth-order valence-electron chi connectivity index (χ4n) is 3.89. The van der Waals surface area contributed by atoms with E-state index < -0.39 is 11.5 Å². The largest absolute Gasteiger partial charge is 0.391 e. The molecule has 1 spiro atoms. The Labute approximate surface area is 144 Å². The van der Waals surface area contributed by atoms with Gasteiger partial charge < -0.3 is 19.9 Å². The van der Waals surface area contributed by atoms with Crippen molar-refractivity contribution in [1.29, 1.82) is 0 Å². The summed E-state index contributed by atoms with van der Waals surface area (Å²) in [5.41, 5.74) is 0.734. The Morgan fingerprint density at radius 1 is 1.36 bits per heavy atom. The molecular weight excluding hydrogens is 322 g/mol. The summed E-state index contributed by atoms with van der Waals surface area (Å²) in [6.07, 6.45) is 2.31. The zero-order chi connectivity index (χ0) is 17.6. The van der Waals surface area contributed by atoms with Gasteiger partial charge in [0.25, 0.3) is 0 Å². The maximum absolute atomic E-state index is 12.6. The van der Waals surface area contributed by atoms with Gasteiger partial charge in [0.2, 0.25) is 11.8 Å². The van der Waals surface area contributed by atoms with Gasteiger partial charge in [-0.1, -0.05) is 18.2 Å². The molecule has 1 aromatic carbocycles. The molecule has 1 atom stereocenters. The zero-order valence-electron chi connectivity index (χ0n) is 13.6. The molecule has 1 unspecified atom stereocenters. The molecule has 0 bridgehead atoms. The van der Waals surface area contributed by atoms with E-state index in [1.807, 2.05) is 24.3 Å². The Bertz CT molecular complexity index is 866. The molecular formula is C18H19N3O4. The Morgan fingerprint density at radius 2 is 2.12 bits per heavy atom. The van der Waals surface area contributed by atoms with E-state index in [0.29, 0.717) is 25.1 Å². The number of likely N-dealkylation sites (tertiary alicyclic amines) is 1. The molecule has 25 heavy (non-hydrogen) atoms. The summed E-state index contributed by atoms with van der Waals surface area (Å²) in [5.74, 6) is -0.187. The van der Waals surface area contributed by atoms with Crippen molar-refractivity contribution in [2.75, 3.05) is 19.6 Å². The molecule has 2 aliphatic heterocycles. The van der Waals surface area contributed by atoms with Gasteiger partial charge in [0.15, 0.2) is 6.29 Å². The number of carbonyl (C=O) groups is 3. The first kappa shape index (κ1) is 15.8. The van der Waals surface area contributed by atoms with E-state index in [1.165, 1.54) is 0 Å². The number of benzene rings is 1. The number of aliphatic hydroxyl groups is 1. The third-order valence-electron chi connectivity index (χ3n) is 5.20. The van der Waals surface area contributed by atoms with Crippen molar-refractivity contribution in [3.8, 4) is 0 Å². The number of fused-ring (bicyclic) bond motifs is 1. The van der Waals surface area contributed by atoms with Gasteiger partial charge in [-0.15, -0.1) is 0 Å². The molecule has 2 amide bonds. The first-order valence-electron chi connectivity index (χ1n) is 8.30. The normalized spacial score (nSPS) is 21.9. The number of nitrogens with zero attached hydrogens (tertiary/aromatic N) is 2. The van der Waals surface area contributed by atoms with Crippen LogP contribution in [0.1, 0.15) is 16.8 Å². The molecule has 2 aliphatic rings. The van der Waals surface area contributed by atoms with E-state index in [-0.39, 0.29) is 24.9 Å². The molecule has 130 valence electrons. The van der Waals surface area contributed by atoms with Crippen molar-refractivity contribution in [3.63, 3.8) is 0 Å². The highest BCUT2D eigenvalue weighted by atomic mass is 16.3. The summed E-state index contributed by atoms with van der Waals surface area (Å²) >= 11 is 0. The molecule has 0 aliphatic carbocycles. The van der Waals surface area contributed by atoms with Crippen LogP contribution in [0.25, 0.3) is 10.9 Å². The maximum Gasteiger partial charge on any atom is 0.242 e. The number of amides is 2. The van der Waals surface area contributed by atoms with E-state index in [0.717, 1.165) is 17.2 Å². The molecule has 3 heterocycles. The van der Waals surface area contributed by atoms with Gasteiger partial charge in [-0.3, -0.25) is 14.4 Å². The Balaban J connectivity index is 1.49. The molecule has 2 aromatic rings. The second-order valence-corrected chi connectivity index (χ2v) is 6.95. The van der Waals surface area contributed by atoms with Crippen molar-refractivity contribution in [3.05, 3.63) is 36.0 Å². The second kappa shape index (κ2) is 5.70. The van der Waals surface area contributed by atoms with Crippen LogP contribution in [0.15, 0.2) is 30.5 Å². The van der Waals surface area contributed by atoms with Crippen molar-refractivity contribution >= 4 is 29.0 Å². The number of aliphatic hydroxyl groups excluding tert-OH is 1. The molecule has 2 saturated heterocycles. The smallest absolute Gasteiger partial charge is 0.242 e. The molecule has 7 nitrogen and oxygen atoms in total. The van der Waals surface area contributed by atoms with Crippen LogP contribution in [-0.4, -0.2) is 58.4 Å². The third-order valence-corrected chi connectivity index (χ3v) is 5.20. The first-order chi connectivity index (χ1) is 12.0. The van der Waals surface area contributed by atoms with E-state index in [4.69, 9.17) is 0 Å². The van der Waals surface area contributed by atoms with Crippen molar-refractivity contribution < 1.29 is 19.5 Å². The second-order valence-electron chi connectivity index (χ2n) is 6.95. The van der Waals surface area contributed by atoms with Crippen molar-refractivity contribution in [2.45, 2.75) is 19.1 Å². The predicted octanol–water partition coefficient (Wildman–Crippen LogP) is 0.163. The minimum Gasteiger partial charge on any atom is -0.391 e. The number of para-hydroxylation sites is 1. The molecule has 0 radical (unpaired) electrons. The summed E-state index contributed by atoms with van der Waals surface area (Å²) < 4.78 is 1.77. The maximum atomic E-state index is 12.6. The predicted molar refractivity (Wildman–Crippen MR) is 90.0 cm³/mol. The Morgan fingerprint density at radius 3 is 2.88 bits per heavy atom. The summed E-state index contributed by atoms with van der Waals surface area (Å²) in [7, 11) is 0. The summed E-state index contributed by atoms with van der Waals surface area (Å²) in [5, 5.41) is 13.3. The van der Waals surface area contributed by atoms with Crippen LogP contribution in [0.4, 0.5) is 0 Å². The van der Waals surface area contributed by atoms with Crippen molar-refractivity contribution in [2.24, 2.45) is 5.41 Å². The highest BCUT2D eigenvalue weighted by Crippen LogP contribution is 2.37. The lowest BCUT2D eigenvalue weighted by atomic mass is 9.72. The fraction of sp³-hybridized carbons (Fsp3) is 0.389. The number of aldehydes is 1. The van der Waals surface area contributed by atoms with E-state index >= 15 is 0 Å². The number of rotatable bonds is 3. The average Bonchev–Trinajstić information content (AvgIpc) is 2.93. The minimum atomic E-state index is -0.653. The summed E-state index contributed by atoms with van der Waals surface area (Å²) in [4.78, 5) is 37.5. The molecule has 7 heteroatoms. The van der Waals surface area contributed by atoms with Crippen molar-refractivity contribution in [1.82, 2.24) is 14.8 Å². The van der Waals surface area contributed by atoms with Crippen LogP contribution in [0.2, 0.25) is 0 Å². The van der Waals surface area contributed by atoms with Crippen LogP contribution < -0.4 is 5.32 Å². The number of carbonyl (C=O) groups excluding carboxylic acids is 3. The topological polar surface area (TPSA) is 91.6 Å². The highest BCUT2D eigenvalue weighted by molar-refractivity contribution is 5.98. The average molecular weight is 341 g/mol. The number of hydrogen-bond acceptors (Lipinski definition) is 4. The van der Waals surface area contributed by atoms with Crippen LogP contribution >= 0.6 is 0 Å². The van der Waals surface area contributed by atoms with Crippen LogP contribution in [0.3, 0.4) is 0 Å². The van der Waals surface area contributed by atoms with Gasteiger partial charge >= 0.3 is 0 Å². The van der Waals surface area contributed by atoms with Gasteiger partial charge in [0.1, 0.15) is 6.54 Å². The van der Waals surface area contributed by atoms with E-state index in [2.05, 4.69) is 5.32 Å². The summed E-state index contributed by atoms with van der Waals surface area (Å²) in [6.45, 7) is 1.05. The quantitative estimate of drug-likeness (QED) is 0.778. The van der Waals surface area contributed by atoms with Crippen LogP contribution in [-0.2, 0) is 16.1 Å². The lowest BCUT2D eigenvalue weighted by molar-refractivity contribution is -0.161. The monoisotopic (exact) mass is 341 g/mol. The molecule has 1 aromatic heterocycles. The van der Waals surface area contributed by atoms with Crippen LogP contribution in [0.5, 0.6) is 0 Å². The van der Waals surface area contributed by atoms with Gasteiger partial charge in [0.05, 0.1) is 11.5 Å². The molecule has 0 saturated carbocycles. The summed E-state index contributed by atoms with van der Waals surface area (Å²) in [6, 6.07) is 7.45. The number of β-amino-alcohol motifs (C(OH)–C–C–N with tert-alkyl or cyclic N) is 1. The molecule has 2 fully saturated rings. The molecule has 4 rings (SSSR count). The fourth-order valence-corrected chi connectivity index (χ4v) is 3.89. The van der Waals surface area contributed by atoms with Crippen LogP contribution in [0, 0.1) is 5.41 Å². The third kappa shape index (κ3) is 2.51. The minimum absolute atomic E-state index is 0.0866. The lowest BCUT2D eigenvalue weighted by Crippen LogP contribution is -2.68. The SMILES string of the molecule is O=Cc1cn(CC(=O)N2CC3(CC(O)CNC3=O)C2)c2ccccc12. The Kier molecular flexibility index (Phi) is 3.61. The lowest BCUT2D eigenvalue weighted by Gasteiger charge is -2.51. The number of nitrogens with one attached hydrogen (secondary N) is 1. The first-order valence-corrected chi connectivity index (χ1v) is 8.30. The van der Waals surface area contributed by atoms with E-state index in [9.17, 15) is 19.5 Å². The molecule has 2 N–H and O–H groups in total. The number of aromatic nitrogens is 1. The Hall–Kier alpha value is -2.67. The standard InChI is InChI=1S/C18H19N3O4/c22-9-12-7-20(15-4-2-1-3-14(12)15)8-16(24)21-10-18(11-21)5-13(23)6-19-17(18)25/h1-4,7,9,13,23H,5-6,8,10-11H2,(H,19,25). The zero-order valence-corrected chi connectivity index (χ0v) is 13.6. The van der Waals surface area contributed by atoms with Gasteiger partial charge in [-0.05, 0) is 12.5 Å². The highest BCUT2D eigenvalue weighted by Gasteiger charge is 2.53. The van der Waals surface area contributed by atoms with E-state index in [1.54, 1.807) is 15.7 Å². The number of hydrogen-bond donors (Lipinski definition) is 2. The van der Waals surface area contributed by atoms with Gasteiger partial charge in [-0.2, -0.15) is 0 Å². The van der Waals surface area contributed by atoms with Gasteiger partial charge in [-0.25, -0.2) is 0 Å².